The Morgan fingerprint density at radius 1 is 1.12 bits per heavy atom. The van der Waals surface area contributed by atoms with Crippen molar-refractivity contribution in [2.45, 2.75) is 44.1 Å². The maximum absolute atomic E-state index is 5.96. The number of piperidine rings is 1. The zero-order valence-corrected chi connectivity index (χ0v) is 10.3. The molecule has 1 unspecified atom stereocenters. The molecule has 2 fully saturated rings. The van der Waals surface area contributed by atoms with Gasteiger partial charge in [0, 0.05) is 6.54 Å². The fourth-order valence-corrected chi connectivity index (χ4v) is 2.66. The van der Waals surface area contributed by atoms with Crippen molar-refractivity contribution >= 4 is 0 Å². The molecular weight excluding hydrogens is 210 g/mol. The Morgan fingerprint density at radius 3 is 2.76 bits per heavy atom. The smallest absolute Gasteiger partial charge is 0.120 e. The van der Waals surface area contributed by atoms with Crippen molar-refractivity contribution in [2.24, 2.45) is 0 Å². The highest BCUT2D eigenvalue weighted by atomic mass is 16.5. The first-order chi connectivity index (χ1) is 8.42. The van der Waals surface area contributed by atoms with Crippen LogP contribution in [0.2, 0.25) is 0 Å². The molecule has 0 radical (unpaired) electrons. The number of ether oxygens (including phenoxy) is 1. The van der Waals surface area contributed by atoms with Gasteiger partial charge in [-0.2, -0.15) is 0 Å². The van der Waals surface area contributed by atoms with E-state index in [0.29, 0.717) is 12.0 Å². The molecule has 2 nitrogen and oxygen atoms in total. The van der Waals surface area contributed by atoms with Crippen LogP contribution < -0.4 is 10.1 Å². The van der Waals surface area contributed by atoms with E-state index in [0.717, 1.165) is 12.3 Å². The highest BCUT2D eigenvalue weighted by molar-refractivity contribution is 5.31. The largest absolute Gasteiger partial charge is 0.490 e. The van der Waals surface area contributed by atoms with Crippen LogP contribution in [0, 0.1) is 0 Å². The first-order valence-electron chi connectivity index (χ1n) is 6.89. The molecule has 2 aliphatic rings. The molecule has 0 amide bonds. The molecule has 92 valence electrons. The normalized spacial score (nSPS) is 25.3. The van der Waals surface area contributed by atoms with Gasteiger partial charge in [-0.05, 0) is 62.3 Å². The third-order valence-electron chi connectivity index (χ3n) is 3.98. The quantitative estimate of drug-likeness (QED) is 0.863. The first kappa shape index (κ1) is 11.1. The molecule has 1 atom stereocenters. The topological polar surface area (TPSA) is 21.3 Å². The summed E-state index contributed by atoms with van der Waals surface area (Å²) in [6.07, 6.45) is 6.87. The van der Waals surface area contributed by atoms with Crippen molar-refractivity contribution in [2.75, 3.05) is 13.1 Å². The number of nitrogens with one attached hydrogen (secondary N) is 1. The van der Waals surface area contributed by atoms with E-state index < -0.39 is 0 Å². The molecule has 1 aliphatic carbocycles. The van der Waals surface area contributed by atoms with E-state index in [1.807, 2.05) is 0 Å². The van der Waals surface area contributed by atoms with Crippen molar-refractivity contribution in [1.29, 1.82) is 0 Å². The minimum absolute atomic E-state index is 0.481. The van der Waals surface area contributed by atoms with Gasteiger partial charge >= 0.3 is 0 Å². The molecule has 3 rings (SSSR count). The summed E-state index contributed by atoms with van der Waals surface area (Å²) in [7, 11) is 0. The Bertz CT molecular complexity index is 367. The SMILES string of the molecule is c1cc(OC2CCC2)cc(C2CCCNC2)c1. The average molecular weight is 231 g/mol. The minimum Gasteiger partial charge on any atom is -0.490 e. The summed E-state index contributed by atoms with van der Waals surface area (Å²) in [6, 6.07) is 8.72. The summed E-state index contributed by atoms with van der Waals surface area (Å²) >= 11 is 0. The Balaban J connectivity index is 1.68. The van der Waals surface area contributed by atoms with Gasteiger partial charge in [0.25, 0.3) is 0 Å². The Hall–Kier alpha value is -1.02. The second-order valence-electron chi connectivity index (χ2n) is 5.29. The van der Waals surface area contributed by atoms with E-state index in [2.05, 4.69) is 29.6 Å². The van der Waals surface area contributed by atoms with Crippen LogP contribution in [-0.4, -0.2) is 19.2 Å². The molecule has 0 aromatic heterocycles. The lowest BCUT2D eigenvalue weighted by Crippen LogP contribution is -2.28. The number of hydrogen-bond acceptors (Lipinski definition) is 2. The van der Waals surface area contributed by atoms with Crippen LogP contribution in [0.15, 0.2) is 24.3 Å². The lowest BCUT2D eigenvalue weighted by atomic mass is 9.91. The van der Waals surface area contributed by atoms with Gasteiger partial charge in [-0.25, -0.2) is 0 Å². The van der Waals surface area contributed by atoms with Gasteiger partial charge < -0.3 is 10.1 Å². The number of rotatable bonds is 3. The Kier molecular flexibility index (Phi) is 3.32. The molecule has 0 bridgehead atoms. The molecule has 1 saturated heterocycles. The fraction of sp³-hybridized carbons (Fsp3) is 0.600. The van der Waals surface area contributed by atoms with Crippen LogP contribution in [0.4, 0.5) is 0 Å². The summed E-state index contributed by atoms with van der Waals surface area (Å²) in [5, 5.41) is 3.48. The predicted octanol–water partition coefficient (Wildman–Crippen LogP) is 3.08. The van der Waals surface area contributed by atoms with Gasteiger partial charge in [-0.15, -0.1) is 0 Å². The number of benzene rings is 1. The lowest BCUT2D eigenvalue weighted by Gasteiger charge is -2.27. The van der Waals surface area contributed by atoms with Crippen molar-refractivity contribution < 1.29 is 4.74 Å². The van der Waals surface area contributed by atoms with E-state index in [1.165, 1.54) is 44.2 Å². The Labute approximate surface area is 103 Å². The van der Waals surface area contributed by atoms with Crippen LogP contribution in [0.25, 0.3) is 0 Å². The van der Waals surface area contributed by atoms with Crippen LogP contribution in [0.1, 0.15) is 43.6 Å². The third-order valence-corrected chi connectivity index (χ3v) is 3.98. The van der Waals surface area contributed by atoms with Gasteiger partial charge in [-0.3, -0.25) is 0 Å². The van der Waals surface area contributed by atoms with Gasteiger partial charge in [0.15, 0.2) is 0 Å². The molecule has 17 heavy (non-hydrogen) atoms. The predicted molar refractivity (Wildman–Crippen MR) is 69.6 cm³/mol. The maximum atomic E-state index is 5.96. The van der Waals surface area contributed by atoms with E-state index in [4.69, 9.17) is 4.74 Å². The highest BCUT2D eigenvalue weighted by Gasteiger charge is 2.20. The van der Waals surface area contributed by atoms with Gasteiger partial charge in [0.2, 0.25) is 0 Å². The summed E-state index contributed by atoms with van der Waals surface area (Å²) in [4.78, 5) is 0. The van der Waals surface area contributed by atoms with Gasteiger partial charge in [-0.1, -0.05) is 12.1 Å². The summed E-state index contributed by atoms with van der Waals surface area (Å²) in [6.45, 7) is 2.29. The fourth-order valence-electron chi connectivity index (χ4n) is 2.66. The molecule has 1 N–H and O–H groups in total. The van der Waals surface area contributed by atoms with Gasteiger partial charge in [0.05, 0.1) is 6.10 Å². The lowest BCUT2D eigenvalue weighted by molar-refractivity contribution is 0.120. The maximum Gasteiger partial charge on any atom is 0.120 e. The molecular formula is C15H21NO. The van der Waals surface area contributed by atoms with Crippen molar-refractivity contribution in [3.05, 3.63) is 29.8 Å². The zero-order valence-electron chi connectivity index (χ0n) is 10.3. The first-order valence-corrected chi connectivity index (χ1v) is 6.89. The molecule has 1 aliphatic heterocycles. The van der Waals surface area contributed by atoms with E-state index in [1.54, 1.807) is 0 Å². The van der Waals surface area contributed by atoms with Crippen LogP contribution in [0.3, 0.4) is 0 Å². The van der Waals surface area contributed by atoms with Crippen LogP contribution >= 0.6 is 0 Å². The number of hydrogen-bond donors (Lipinski definition) is 1. The molecule has 2 heteroatoms. The molecule has 1 aromatic carbocycles. The average Bonchev–Trinajstić information content (AvgIpc) is 2.35. The molecule has 1 heterocycles. The second-order valence-corrected chi connectivity index (χ2v) is 5.29. The summed E-state index contributed by atoms with van der Waals surface area (Å²) in [5.74, 6) is 1.74. The second kappa shape index (κ2) is 5.09. The highest BCUT2D eigenvalue weighted by Crippen LogP contribution is 2.29. The monoisotopic (exact) mass is 231 g/mol. The van der Waals surface area contributed by atoms with Crippen molar-refractivity contribution in [3.8, 4) is 5.75 Å². The van der Waals surface area contributed by atoms with Crippen LogP contribution in [-0.2, 0) is 0 Å². The molecule has 0 spiro atoms. The van der Waals surface area contributed by atoms with Gasteiger partial charge in [0.1, 0.15) is 5.75 Å². The van der Waals surface area contributed by atoms with E-state index in [-0.39, 0.29) is 0 Å². The van der Waals surface area contributed by atoms with E-state index in [9.17, 15) is 0 Å². The Morgan fingerprint density at radius 2 is 2.06 bits per heavy atom. The minimum atomic E-state index is 0.481. The van der Waals surface area contributed by atoms with Crippen molar-refractivity contribution in [3.63, 3.8) is 0 Å². The standard InChI is InChI=1S/C15H21NO/c1-4-12(13-5-3-9-16-11-13)10-15(8-1)17-14-6-2-7-14/h1,4,8,10,13-14,16H,2-3,5-7,9,11H2. The van der Waals surface area contributed by atoms with Crippen LogP contribution in [0.5, 0.6) is 5.75 Å². The summed E-state index contributed by atoms with van der Waals surface area (Å²) < 4.78 is 5.96. The zero-order chi connectivity index (χ0) is 11.5. The summed E-state index contributed by atoms with van der Waals surface area (Å²) in [5.41, 5.74) is 1.44. The molecule has 1 saturated carbocycles. The van der Waals surface area contributed by atoms with E-state index >= 15 is 0 Å². The third kappa shape index (κ3) is 2.63. The van der Waals surface area contributed by atoms with Crippen molar-refractivity contribution in [1.82, 2.24) is 5.32 Å². The molecule has 1 aromatic rings.